The van der Waals surface area contributed by atoms with Gasteiger partial charge in [-0.3, -0.25) is 0 Å². The van der Waals surface area contributed by atoms with E-state index >= 15 is 0 Å². The molecule has 0 N–H and O–H groups in total. The summed E-state index contributed by atoms with van der Waals surface area (Å²) in [5.41, 5.74) is 3.86. The summed E-state index contributed by atoms with van der Waals surface area (Å²) in [7, 11) is 0. The summed E-state index contributed by atoms with van der Waals surface area (Å²) >= 11 is 7.69. The molecule has 1 aromatic carbocycles. The summed E-state index contributed by atoms with van der Waals surface area (Å²) in [4.78, 5) is -0.225. The van der Waals surface area contributed by atoms with Crippen LogP contribution in [0.5, 0.6) is 0 Å². The molecule has 88 valence electrons. The van der Waals surface area contributed by atoms with Gasteiger partial charge in [-0.15, -0.1) is 23.4 Å². The van der Waals surface area contributed by atoms with Gasteiger partial charge in [-0.25, -0.2) is 0 Å². The van der Waals surface area contributed by atoms with Gasteiger partial charge in [0.15, 0.2) is 0 Å². The molecule has 2 rings (SSSR count). The largest absolute Gasteiger partial charge is 0.355 e. The molecule has 1 fully saturated rings. The lowest BCUT2D eigenvalue weighted by molar-refractivity contribution is 0.0127. The smallest absolute Gasteiger partial charge is 0.137 e. The molecule has 2 unspecified atom stereocenters. The van der Waals surface area contributed by atoms with Gasteiger partial charge in [0, 0.05) is 11.6 Å². The second kappa shape index (κ2) is 4.59. The maximum atomic E-state index is 6.04. The molecule has 3 heteroatoms. The molecular formula is C13H17ClOS. The summed E-state index contributed by atoms with van der Waals surface area (Å²) in [6.45, 7) is 6.40. The number of hydrogen-bond donors (Lipinski definition) is 0. The van der Waals surface area contributed by atoms with Crippen molar-refractivity contribution in [2.45, 2.75) is 31.8 Å². The maximum Gasteiger partial charge on any atom is 0.137 e. The third-order valence-electron chi connectivity index (χ3n) is 2.98. The third-order valence-corrected chi connectivity index (χ3v) is 4.73. The molecule has 0 radical (unpaired) electrons. The predicted octanol–water partition coefficient (Wildman–Crippen LogP) is 3.85. The van der Waals surface area contributed by atoms with Crippen LogP contribution in [0.25, 0.3) is 0 Å². The molecule has 1 nitrogen and oxygen atoms in total. The first-order valence-electron chi connectivity index (χ1n) is 5.50. The van der Waals surface area contributed by atoms with Gasteiger partial charge in [-0.05, 0) is 31.9 Å². The van der Waals surface area contributed by atoms with Gasteiger partial charge in [0.1, 0.15) is 4.93 Å². The van der Waals surface area contributed by atoms with E-state index in [-0.39, 0.29) is 11.0 Å². The van der Waals surface area contributed by atoms with Crippen LogP contribution in [0.3, 0.4) is 0 Å². The Kier molecular flexibility index (Phi) is 3.53. The first kappa shape index (κ1) is 12.3. The van der Waals surface area contributed by atoms with Crippen LogP contribution in [0.15, 0.2) is 18.2 Å². The van der Waals surface area contributed by atoms with E-state index in [4.69, 9.17) is 16.3 Å². The van der Waals surface area contributed by atoms with Gasteiger partial charge in [0.25, 0.3) is 0 Å². The Hall–Kier alpha value is -0.180. The van der Waals surface area contributed by atoms with Crippen molar-refractivity contribution in [3.63, 3.8) is 0 Å². The van der Waals surface area contributed by atoms with E-state index in [0.717, 1.165) is 5.75 Å². The minimum atomic E-state index is -0.225. The Morgan fingerprint density at radius 2 is 2.25 bits per heavy atom. The summed E-state index contributed by atoms with van der Waals surface area (Å²) in [6.07, 6.45) is 0.178. The zero-order chi connectivity index (χ0) is 11.8. The average molecular weight is 257 g/mol. The molecule has 1 saturated heterocycles. The molecule has 0 aromatic heterocycles. The molecule has 1 heterocycles. The molecule has 2 atom stereocenters. The molecule has 0 saturated carbocycles. The number of alkyl halides is 1. The highest BCUT2D eigenvalue weighted by Gasteiger charge is 2.38. The van der Waals surface area contributed by atoms with E-state index in [1.54, 1.807) is 0 Å². The number of halogens is 1. The fourth-order valence-corrected chi connectivity index (χ4v) is 3.76. The van der Waals surface area contributed by atoms with E-state index in [0.29, 0.717) is 5.88 Å². The Bertz CT molecular complexity index is 394. The SMILES string of the molecule is Cc1ccc(C2(C)OC(CCl)CS2)c(C)c1. The van der Waals surface area contributed by atoms with Gasteiger partial charge in [-0.1, -0.05) is 23.8 Å². The Morgan fingerprint density at radius 1 is 1.50 bits per heavy atom. The summed E-state index contributed by atoms with van der Waals surface area (Å²) in [6, 6.07) is 6.53. The van der Waals surface area contributed by atoms with Crippen LogP contribution in [-0.4, -0.2) is 17.7 Å². The van der Waals surface area contributed by atoms with E-state index in [1.165, 1.54) is 16.7 Å². The zero-order valence-electron chi connectivity index (χ0n) is 9.92. The van der Waals surface area contributed by atoms with Crippen molar-refractivity contribution in [3.8, 4) is 0 Å². The molecule has 0 spiro atoms. The third kappa shape index (κ3) is 2.24. The van der Waals surface area contributed by atoms with Gasteiger partial charge in [0.05, 0.1) is 6.10 Å². The standard InChI is InChI=1S/C13H17ClOS/c1-9-4-5-12(10(2)6-9)13(3)15-11(7-14)8-16-13/h4-6,11H,7-8H2,1-3H3. The summed E-state index contributed by atoms with van der Waals surface area (Å²) in [5.74, 6) is 1.56. The monoisotopic (exact) mass is 256 g/mol. The van der Waals surface area contributed by atoms with Crippen molar-refractivity contribution >= 4 is 23.4 Å². The lowest BCUT2D eigenvalue weighted by Gasteiger charge is -2.26. The molecular weight excluding hydrogens is 240 g/mol. The van der Waals surface area contributed by atoms with Crippen LogP contribution >= 0.6 is 23.4 Å². The number of aryl methyl sites for hydroxylation is 2. The Morgan fingerprint density at radius 3 is 2.81 bits per heavy atom. The molecule has 0 amide bonds. The molecule has 1 aliphatic rings. The Labute approximate surface area is 107 Å². The van der Waals surface area contributed by atoms with Gasteiger partial charge >= 0.3 is 0 Å². The zero-order valence-corrected chi connectivity index (χ0v) is 11.5. The molecule has 0 bridgehead atoms. The van der Waals surface area contributed by atoms with Crippen molar-refractivity contribution in [1.29, 1.82) is 0 Å². The second-order valence-electron chi connectivity index (χ2n) is 4.47. The van der Waals surface area contributed by atoms with E-state index in [9.17, 15) is 0 Å². The molecule has 1 aromatic rings. The molecule has 1 aliphatic heterocycles. The number of benzene rings is 1. The second-order valence-corrected chi connectivity index (χ2v) is 6.18. The normalized spacial score (nSPS) is 29.6. The topological polar surface area (TPSA) is 9.23 Å². The summed E-state index contributed by atoms with van der Waals surface area (Å²) < 4.78 is 6.04. The van der Waals surface area contributed by atoms with Crippen molar-refractivity contribution in [2.24, 2.45) is 0 Å². The first-order chi connectivity index (χ1) is 7.55. The number of rotatable bonds is 2. The minimum Gasteiger partial charge on any atom is -0.355 e. The number of thioether (sulfide) groups is 1. The van der Waals surface area contributed by atoms with E-state index in [2.05, 4.69) is 39.0 Å². The van der Waals surface area contributed by atoms with Crippen LogP contribution in [0.1, 0.15) is 23.6 Å². The van der Waals surface area contributed by atoms with Gasteiger partial charge < -0.3 is 4.74 Å². The lowest BCUT2D eigenvalue weighted by atomic mass is 10.0. The highest BCUT2D eigenvalue weighted by molar-refractivity contribution is 8.00. The molecule has 0 aliphatic carbocycles. The molecule has 16 heavy (non-hydrogen) atoms. The predicted molar refractivity (Wildman–Crippen MR) is 71.3 cm³/mol. The van der Waals surface area contributed by atoms with Crippen LogP contribution in [-0.2, 0) is 9.67 Å². The minimum absolute atomic E-state index is 0.178. The van der Waals surface area contributed by atoms with Crippen molar-refractivity contribution in [2.75, 3.05) is 11.6 Å². The first-order valence-corrected chi connectivity index (χ1v) is 7.02. The summed E-state index contributed by atoms with van der Waals surface area (Å²) in [5, 5.41) is 0. The number of ether oxygens (including phenoxy) is 1. The maximum absolute atomic E-state index is 6.04. The van der Waals surface area contributed by atoms with Crippen LogP contribution in [0.2, 0.25) is 0 Å². The van der Waals surface area contributed by atoms with Gasteiger partial charge in [0.2, 0.25) is 0 Å². The Balaban J connectivity index is 2.30. The van der Waals surface area contributed by atoms with E-state index < -0.39 is 0 Å². The van der Waals surface area contributed by atoms with E-state index in [1.807, 2.05) is 11.8 Å². The lowest BCUT2D eigenvalue weighted by Crippen LogP contribution is -2.22. The quantitative estimate of drug-likeness (QED) is 0.744. The highest BCUT2D eigenvalue weighted by Crippen LogP contribution is 2.45. The highest BCUT2D eigenvalue weighted by atomic mass is 35.5. The van der Waals surface area contributed by atoms with Crippen LogP contribution in [0, 0.1) is 13.8 Å². The van der Waals surface area contributed by atoms with Crippen molar-refractivity contribution in [1.82, 2.24) is 0 Å². The van der Waals surface area contributed by atoms with Crippen LogP contribution < -0.4 is 0 Å². The van der Waals surface area contributed by atoms with Crippen molar-refractivity contribution in [3.05, 3.63) is 34.9 Å². The van der Waals surface area contributed by atoms with Crippen molar-refractivity contribution < 1.29 is 4.74 Å². The van der Waals surface area contributed by atoms with Gasteiger partial charge in [-0.2, -0.15) is 0 Å². The number of hydrogen-bond acceptors (Lipinski definition) is 2. The fourth-order valence-electron chi connectivity index (χ4n) is 2.18. The van der Waals surface area contributed by atoms with Crippen LogP contribution in [0.4, 0.5) is 0 Å². The fraction of sp³-hybridized carbons (Fsp3) is 0.538. The average Bonchev–Trinajstić information content (AvgIpc) is 2.61.